The van der Waals surface area contributed by atoms with Crippen molar-refractivity contribution in [3.63, 3.8) is 0 Å². The highest BCUT2D eigenvalue weighted by atomic mass is 15.2. The Bertz CT molecular complexity index is 1270. The van der Waals surface area contributed by atoms with Gasteiger partial charge in [0.15, 0.2) is 0 Å². The van der Waals surface area contributed by atoms with E-state index in [0.717, 1.165) is 39.0 Å². The lowest BCUT2D eigenvalue weighted by atomic mass is 9.76. The number of rotatable bonds is 4. The molecule has 170 valence electrons. The Labute approximate surface area is 201 Å². The summed E-state index contributed by atoms with van der Waals surface area (Å²) in [6, 6.07) is 28.1. The highest BCUT2D eigenvalue weighted by molar-refractivity contribution is 5.74. The molecule has 0 atom stereocenters. The van der Waals surface area contributed by atoms with E-state index in [1.807, 2.05) is 18.5 Å². The maximum Gasteiger partial charge on any atom is 0.0720 e. The van der Waals surface area contributed by atoms with E-state index in [1.54, 1.807) is 0 Å². The van der Waals surface area contributed by atoms with Gasteiger partial charge in [-0.15, -0.1) is 0 Å². The third kappa shape index (κ3) is 3.78. The second-order valence-electron chi connectivity index (χ2n) is 9.69. The molecule has 4 aromatic rings. The quantitative estimate of drug-likeness (QED) is 0.377. The molecule has 0 N–H and O–H groups in total. The molecule has 0 aliphatic carbocycles. The van der Waals surface area contributed by atoms with Crippen molar-refractivity contribution in [2.75, 3.05) is 24.5 Å². The lowest BCUT2D eigenvalue weighted by Gasteiger charge is -2.39. The molecular weight excluding hydrogens is 416 g/mol. The van der Waals surface area contributed by atoms with Gasteiger partial charge in [-0.1, -0.05) is 48.5 Å². The molecule has 6 rings (SSSR count). The molecule has 1 spiro atoms. The summed E-state index contributed by atoms with van der Waals surface area (Å²) in [6.07, 6.45) is 6.13. The molecule has 0 bridgehead atoms. The zero-order chi connectivity index (χ0) is 23.0. The molecule has 1 saturated heterocycles. The molecule has 4 heterocycles. The van der Waals surface area contributed by atoms with Crippen molar-refractivity contribution < 1.29 is 0 Å². The van der Waals surface area contributed by atoms with Crippen LogP contribution >= 0.6 is 0 Å². The molecule has 2 aromatic heterocycles. The van der Waals surface area contributed by atoms with E-state index in [1.165, 1.54) is 39.5 Å². The van der Waals surface area contributed by atoms with E-state index >= 15 is 0 Å². The third-order valence-electron chi connectivity index (χ3n) is 7.63. The number of piperidine rings is 1. The first-order valence-electron chi connectivity index (χ1n) is 12.2. The SMILES string of the molecule is Cc1cccnc1CN1CCC2(CC1)CN(c1ccc(-c3ccccc3)cc1)c1cccnc12. The fraction of sp³-hybridized carbons (Fsp3) is 0.267. The molecule has 4 nitrogen and oxygen atoms in total. The van der Waals surface area contributed by atoms with Crippen LogP contribution in [-0.2, 0) is 12.0 Å². The van der Waals surface area contributed by atoms with Crippen LogP contribution in [0.3, 0.4) is 0 Å². The number of nitrogens with zero attached hydrogens (tertiary/aromatic N) is 4. The van der Waals surface area contributed by atoms with Crippen LogP contribution in [0.15, 0.2) is 91.3 Å². The molecule has 4 heteroatoms. The Morgan fingerprint density at radius 1 is 0.765 bits per heavy atom. The average molecular weight is 447 g/mol. The first-order valence-corrected chi connectivity index (χ1v) is 12.2. The summed E-state index contributed by atoms with van der Waals surface area (Å²) >= 11 is 0. The van der Waals surface area contributed by atoms with E-state index in [2.05, 4.69) is 94.5 Å². The zero-order valence-electron chi connectivity index (χ0n) is 19.7. The minimum atomic E-state index is 0.115. The van der Waals surface area contributed by atoms with Gasteiger partial charge in [0.1, 0.15) is 0 Å². The predicted octanol–water partition coefficient (Wildman–Crippen LogP) is 6.14. The monoisotopic (exact) mass is 446 g/mol. The Balaban J connectivity index is 1.23. The molecular formula is C30H30N4. The second kappa shape index (κ2) is 8.69. The largest absolute Gasteiger partial charge is 0.339 e. The number of aryl methyl sites for hydroxylation is 1. The second-order valence-corrected chi connectivity index (χ2v) is 9.69. The summed E-state index contributed by atoms with van der Waals surface area (Å²) in [5.41, 5.74) is 8.89. The number of pyridine rings is 2. The van der Waals surface area contributed by atoms with Crippen LogP contribution in [0.1, 0.15) is 29.8 Å². The molecule has 34 heavy (non-hydrogen) atoms. The maximum atomic E-state index is 4.93. The number of likely N-dealkylation sites (tertiary alicyclic amines) is 1. The predicted molar refractivity (Wildman–Crippen MR) is 138 cm³/mol. The van der Waals surface area contributed by atoms with Gasteiger partial charge in [0.2, 0.25) is 0 Å². The van der Waals surface area contributed by atoms with Crippen LogP contribution in [0.25, 0.3) is 11.1 Å². The highest BCUT2D eigenvalue weighted by Gasteiger charge is 2.46. The Kier molecular flexibility index (Phi) is 5.39. The summed E-state index contributed by atoms with van der Waals surface area (Å²) in [5, 5.41) is 0. The van der Waals surface area contributed by atoms with E-state index in [0.29, 0.717) is 0 Å². The lowest BCUT2D eigenvalue weighted by molar-refractivity contribution is 0.157. The molecule has 1 fully saturated rings. The molecule has 2 aromatic carbocycles. The molecule has 0 radical (unpaired) electrons. The van der Waals surface area contributed by atoms with Gasteiger partial charge in [-0.3, -0.25) is 14.9 Å². The topological polar surface area (TPSA) is 32.3 Å². The van der Waals surface area contributed by atoms with E-state index < -0.39 is 0 Å². The first-order chi connectivity index (χ1) is 16.7. The van der Waals surface area contributed by atoms with Crippen molar-refractivity contribution in [1.29, 1.82) is 0 Å². The maximum absolute atomic E-state index is 4.93. The van der Waals surface area contributed by atoms with Crippen molar-refractivity contribution in [3.05, 3.63) is 108 Å². The van der Waals surface area contributed by atoms with E-state index in [9.17, 15) is 0 Å². The molecule has 0 unspecified atom stereocenters. The summed E-state index contributed by atoms with van der Waals surface area (Å²) < 4.78 is 0. The Morgan fingerprint density at radius 2 is 1.47 bits per heavy atom. The molecule has 2 aliphatic heterocycles. The van der Waals surface area contributed by atoms with Crippen molar-refractivity contribution in [2.24, 2.45) is 0 Å². The van der Waals surface area contributed by atoms with Crippen molar-refractivity contribution in [2.45, 2.75) is 31.7 Å². The van der Waals surface area contributed by atoms with Crippen LogP contribution in [-0.4, -0.2) is 34.5 Å². The summed E-state index contributed by atoms with van der Waals surface area (Å²) in [7, 11) is 0. The van der Waals surface area contributed by atoms with Gasteiger partial charge < -0.3 is 4.90 Å². The fourth-order valence-electron chi connectivity index (χ4n) is 5.61. The van der Waals surface area contributed by atoms with Crippen LogP contribution in [0.5, 0.6) is 0 Å². The fourth-order valence-corrected chi connectivity index (χ4v) is 5.61. The van der Waals surface area contributed by atoms with Crippen LogP contribution in [0, 0.1) is 6.92 Å². The van der Waals surface area contributed by atoms with Crippen LogP contribution < -0.4 is 4.90 Å². The number of aromatic nitrogens is 2. The van der Waals surface area contributed by atoms with Gasteiger partial charge in [-0.05, 0) is 79.9 Å². The highest BCUT2D eigenvalue weighted by Crippen LogP contribution is 2.48. The van der Waals surface area contributed by atoms with Gasteiger partial charge in [-0.2, -0.15) is 0 Å². The van der Waals surface area contributed by atoms with Gasteiger partial charge in [-0.25, -0.2) is 0 Å². The summed E-state index contributed by atoms with van der Waals surface area (Å²) in [6.45, 7) is 6.24. The first kappa shape index (κ1) is 21.1. The summed E-state index contributed by atoms with van der Waals surface area (Å²) in [4.78, 5) is 14.6. The summed E-state index contributed by atoms with van der Waals surface area (Å²) in [5.74, 6) is 0. The van der Waals surface area contributed by atoms with Gasteiger partial charge in [0.05, 0.1) is 17.1 Å². The van der Waals surface area contributed by atoms with Crippen LogP contribution in [0.2, 0.25) is 0 Å². The van der Waals surface area contributed by atoms with Crippen molar-refractivity contribution >= 4 is 11.4 Å². The van der Waals surface area contributed by atoms with E-state index in [4.69, 9.17) is 4.98 Å². The van der Waals surface area contributed by atoms with Gasteiger partial charge in [0, 0.05) is 36.6 Å². The molecule has 2 aliphatic rings. The normalized spacial score (nSPS) is 17.1. The number of hydrogen-bond acceptors (Lipinski definition) is 4. The van der Waals surface area contributed by atoms with Crippen molar-refractivity contribution in [1.82, 2.24) is 14.9 Å². The Hall–Kier alpha value is -3.50. The number of anilines is 2. The third-order valence-corrected chi connectivity index (χ3v) is 7.63. The molecule has 0 amide bonds. The average Bonchev–Trinajstić information content (AvgIpc) is 3.21. The van der Waals surface area contributed by atoms with Gasteiger partial charge in [0.25, 0.3) is 0 Å². The minimum absolute atomic E-state index is 0.115. The minimum Gasteiger partial charge on any atom is -0.339 e. The number of benzene rings is 2. The Morgan fingerprint density at radius 3 is 2.24 bits per heavy atom. The number of fused-ring (bicyclic) bond motifs is 2. The number of hydrogen-bond donors (Lipinski definition) is 0. The van der Waals surface area contributed by atoms with Crippen LogP contribution in [0.4, 0.5) is 11.4 Å². The molecule has 0 saturated carbocycles. The lowest BCUT2D eigenvalue weighted by Crippen LogP contribution is -2.44. The standard InChI is InChI=1S/C30H30N4/c1-23-7-5-17-31-27(23)21-33-19-15-30(16-20-33)22-34(28-10-6-18-32-29(28)30)26-13-11-25(12-14-26)24-8-3-2-4-9-24/h2-14,17-18H,15-16,19-22H2,1H3. The van der Waals surface area contributed by atoms with E-state index in [-0.39, 0.29) is 5.41 Å². The van der Waals surface area contributed by atoms with Crippen molar-refractivity contribution in [3.8, 4) is 11.1 Å². The smallest absolute Gasteiger partial charge is 0.0720 e. The zero-order valence-corrected chi connectivity index (χ0v) is 19.7. The van der Waals surface area contributed by atoms with Gasteiger partial charge >= 0.3 is 0 Å².